The Labute approximate surface area is 109 Å². The first-order valence-electron chi connectivity index (χ1n) is 6.35. The molecule has 2 N–H and O–H groups in total. The fourth-order valence-electron chi connectivity index (χ4n) is 2.74. The first-order chi connectivity index (χ1) is 8.20. The second kappa shape index (κ2) is 5.85. The molecular weight excluding hydrogens is 232 g/mol. The maximum absolute atomic E-state index is 5.96. The molecule has 0 bridgehead atoms. The monoisotopic (exact) mass is 252 g/mol. The lowest BCUT2D eigenvalue weighted by Gasteiger charge is -2.34. The summed E-state index contributed by atoms with van der Waals surface area (Å²) in [5, 5.41) is 0.799. The van der Waals surface area contributed by atoms with Crippen LogP contribution >= 0.6 is 11.6 Å². The summed E-state index contributed by atoms with van der Waals surface area (Å²) in [5.41, 5.74) is 7.30. The SMILES string of the molecule is CN1CCC([C@H](CN)c2ccc(Cl)cc2)CC1. The van der Waals surface area contributed by atoms with Gasteiger partial charge in [-0.25, -0.2) is 0 Å². The summed E-state index contributed by atoms with van der Waals surface area (Å²) >= 11 is 5.93. The third-order valence-electron chi connectivity index (χ3n) is 3.88. The highest BCUT2D eigenvalue weighted by Gasteiger charge is 2.25. The molecule has 1 aromatic carbocycles. The number of halogens is 1. The largest absolute Gasteiger partial charge is 0.330 e. The minimum atomic E-state index is 0.487. The summed E-state index contributed by atoms with van der Waals surface area (Å²) in [6.45, 7) is 3.11. The van der Waals surface area contributed by atoms with Gasteiger partial charge in [0.1, 0.15) is 0 Å². The van der Waals surface area contributed by atoms with Crippen molar-refractivity contribution in [2.75, 3.05) is 26.7 Å². The molecule has 94 valence electrons. The van der Waals surface area contributed by atoms with E-state index in [2.05, 4.69) is 24.1 Å². The second-order valence-electron chi connectivity index (χ2n) is 5.03. The predicted octanol–water partition coefficient (Wildman–Crippen LogP) is 2.72. The van der Waals surface area contributed by atoms with Crippen molar-refractivity contribution >= 4 is 11.6 Å². The van der Waals surface area contributed by atoms with Gasteiger partial charge in [0, 0.05) is 5.02 Å². The third kappa shape index (κ3) is 3.21. The van der Waals surface area contributed by atoms with Crippen molar-refractivity contribution in [3.63, 3.8) is 0 Å². The number of benzene rings is 1. The Morgan fingerprint density at radius 2 is 1.88 bits per heavy atom. The predicted molar refractivity (Wildman–Crippen MR) is 73.5 cm³/mol. The lowest BCUT2D eigenvalue weighted by Crippen LogP contribution is -2.34. The van der Waals surface area contributed by atoms with Crippen LogP contribution in [-0.2, 0) is 0 Å². The Balaban J connectivity index is 2.08. The van der Waals surface area contributed by atoms with Gasteiger partial charge >= 0.3 is 0 Å². The van der Waals surface area contributed by atoms with Crippen molar-refractivity contribution in [3.05, 3.63) is 34.9 Å². The number of hydrogen-bond acceptors (Lipinski definition) is 2. The average molecular weight is 253 g/mol. The van der Waals surface area contributed by atoms with Gasteiger partial charge in [0.05, 0.1) is 0 Å². The number of likely N-dealkylation sites (tertiary alicyclic amines) is 1. The molecule has 0 aliphatic carbocycles. The highest BCUT2D eigenvalue weighted by atomic mass is 35.5. The molecule has 2 rings (SSSR count). The van der Waals surface area contributed by atoms with Crippen LogP contribution < -0.4 is 5.73 Å². The van der Waals surface area contributed by atoms with Gasteiger partial charge in [0.2, 0.25) is 0 Å². The summed E-state index contributed by atoms with van der Waals surface area (Å²) in [6.07, 6.45) is 2.50. The Bertz CT molecular complexity index is 342. The first-order valence-corrected chi connectivity index (χ1v) is 6.72. The van der Waals surface area contributed by atoms with E-state index in [0.29, 0.717) is 5.92 Å². The quantitative estimate of drug-likeness (QED) is 0.896. The van der Waals surface area contributed by atoms with Crippen molar-refractivity contribution in [2.24, 2.45) is 11.7 Å². The van der Waals surface area contributed by atoms with Crippen LogP contribution in [0.4, 0.5) is 0 Å². The Kier molecular flexibility index (Phi) is 4.43. The van der Waals surface area contributed by atoms with Gasteiger partial charge in [0.15, 0.2) is 0 Å². The number of nitrogens with two attached hydrogens (primary N) is 1. The first kappa shape index (κ1) is 12.9. The summed E-state index contributed by atoms with van der Waals surface area (Å²) in [6, 6.07) is 8.18. The zero-order chi connectivity index (χ0) is 12.3. The van der Waals surface area contributed by atoms with Crippen molar-refractivity contribution in [1.82, 2.24) is 4.90 Å². The fourth-order valence-corrected chi connectivity index (χ4v) is 2.87. The van der Waals surface area contributed by atoms with Crippen LogP contribution in [0.1, 0.15) is 24.3 Å². The minimum Gasteiger partial charge on any atom is -0.330 e. The molecule has 0 amide bonds. The molecule has 0 spiro atoms. The highest BCUT2D eigenvalue weighted by molar-refractivity contribution is 6.30. The molecule has 1 fully saturated rings. The van der Waals surface area contributed by atoms with E-state index in [1.54, 1.807) is 0 Å². The van der Waals surface area contributed by atoms with Crippen molar-refractivity contribution < 1.29 is 0 Å². The highest BCUT2D eigenvalue weighted by Crippen LogP contribution is 2.32. The van der Waals surface area contributed by atoms with E-state index in [1.165, 1.54) is 31.5 Å². The van der Waals surface area contributed by atoms with Gasteiger partial charge in [0.25, 0.3) is 0 Å². The van der Waals surface area contributed by atoms with Gasteiger partial charge in [-0.2, -0.15) is 0 Å². The van der Waals surface area contributed by atoms with Crippen LogP contribution in [0.15, 0.2) is 24.3 Å². The van der Waals surface area contributed by atoms with E-state index in [-0.39, 0.29) is 0 Å². The molecule has 1 aromatic rings. The lowest BCUT2D eigenvalue weighted by atomic mass is 9.80. The smallest absolute Gasteiger partial charge is 0.0406 e. The molecule has 0 unspecified atom stereocenters. The topological polar surface area (TPSA) is 29.3 Å². The van der Waals surface area contributed by atoms with E-state index >= 15 is 0 Å². The lowest BCUT2D eigenvalue weighted by molar-refractivity contribution is 0.199. The molecule has 0 saturated carbocycles. The Hall–Kier alpha value is -0.570. The molecule has 1 aliphatic heterocycles. The number of piperidine rings is 1. The molecule has 1 aliphatic rings. The normalized spacial score (nSPS) is 20.4. The molecule has 0 aromatic heterocycles. The number of hydrogen-bond donors (Lipinski definition) is 1. The van der Waals surface area contributed by atoms with Crippen LogP contribution in [0.2, 0.25) is 5.02 Å². The van der Waals surface area contributed by atoms with Gasteiger partial charge in [-0.1, -0.05) is 23.7 Å². The maximum atomic E-state index is 5.96. The third-order valence-corrected chi connectivity index (χ3v) is 4.14. The Morgan fingerprint density at radius 1 is 1.29 bits per heavy atom. The summed E-state index contributed by atoms with van der Waals surface area (Å²) in [7, 11) is 2.19. The average Bonchev–Trinajstić information content (AvgIpc) is 2.35. The van der Waals surface area contributed by atoms with Crippen LogP contribution in [-0.4, -0.2) is 31.6 Å². The van der Waals surface area contributed by atoms with Crippen LogP contribution in [0.25, 0.3) is 0 Å². The minimum absolute atomic E-state index is 0.487. The summed E-state index contributed by atoms with van der Waals surface area (Å²) in [4.78, 5) is 2.39. The fraction of sp³-hybridized carbons (Fsp3) is 0.571. The Morgan fingerprint density at radius 3 is 2.41 bits per heavy atom. The van der Waals surface area contributed by atoms with Crippen LogP contribution in [0.5, 0.6) is 0 Å². The molecular formula is C14H21ClN2. The van der Waals surface area contributed by atoms with Crippen LogP contribution in [0, 0.1) is 5.92 Å². The van der Waals surface area contributed by atoms with E-state index in [4.69, 9.17) is 17.3 Å². The standard InChI is InChI=1S/C14H21ClN2/c1-17-8-6-12(7-9-17)14(10-16)11-2-4-13(15)5-3-11/h2-5,12,14H,6-10,16H2,1H3/t14-/m1/s1. The van der Waals surface area contributed by atoms with E-state index < -0.39 is 0 Å². The zero-order valence-electron chi connectivity index (χ0n) is 10.4. The molecule has 0 radical (unpaired) electrons. The number of rotatable bonds is 3. The number of nitrogens with zero attached hydrogens (tertiary/aromatic N) is 1. The maximum Gasteiger partial charge on any atom is 0.0406 e. The van der Waals surface area contributed by atoms with Gasteiger partial charge in [-0.15, -0.1) is 0 Å². The van der Waals surface area contributed by atoms with E-state index in [1.807, 2.05) is 12.1 Å². The zero-order valence-corrected chi connectivity index (χ0v) is 11.2. The van der Waals surface area contributed by atoms with Crippen molar-refractivity contribution in [1.29, 1.82) is 0 Å². The summed E-state index contributed by atoms with van der Waals surface area (Å²) < 4.78 is 0. The van der Waals surface area contributed by atoms with Crippen LogP contribution in [0.3, 0.4) is 0 Å². The molecule has 1 heterocycles. The van der Waals surface area contributed by atoms with Gasteiger partial charge in [-0.3, -0.25) is 0 Å². The van der Waals surface area contributed by atoms with Gasteiger partial charge < -0.3 is 10.6 Å². The second-order valence-corrected chi connectivity index (χ2v) is 5.47. The molecule has 17 heavy (non-hydrogen) atoms. The molecule has 1 atom stereocenters. The molecule has 1 saturated heterocycles. The van der Waals surface area contributed by atoms with E-state index in [0.717, 1.165) is 17.5 Å². The summed E-state index contributed by atoms with van der Waals surface area (Å²) in [5.74, 6) is 1.21. The van der Waals surface area contributed by atoms with Crippen molar-refractivity contribution in [3.8, 4) is 0 Å². The molecule has 3 heteroatoms. The van der Waals surface area contributed by atoms with Crippen molar-refractivity contribution in [2.45, 2.75) is 18.8 Å². The van der Waals surface area contributed by atoms with Gasteiger partial charge in [-0.05, 0) is 69.1 Å². The van der Waals surface area contributed by atoms with E-state index in [9.17, 15) is 0 Å². The molecule has 2 nitrogen and oxygen atoms in total.